The summed E-state index contributed by atoms with van der Waals surface area (Å²) in [5.41, 5.74) is 4.06. The van der Waals surface area contributed by atoms with Crippen LogP contribution >= 0.6 is 0 Å². The second-order valence-corrected chi connectivity index (χ2v) is 9.57. The number of nitrogens with zero attached hydrogens (tertiary/aromatic N) is 1. The van der Waals surface area contributed by atoms with Crippen LogP contribution in [-0.4, -0.2) is 26.3 Å². The molecule has 0 fully saturated rings. The predicted molar refractivity (Wildman–Crippen MR) is 125 cm³/mol. The van der Waals surface area contributed by atoms with Crippen molar-refractivity contribution in [2.45, 2.75) is 37.8 Å². The highest BCUT2D eigenvalue weighted by atomic mass is 32.2. The number of hydrogen-bond donors (Lipinski definition) is 3. The van der Waals surface area contributed by atoms with Gasteiger partial charge in [-0.25, -0.2) is 13.6 Å². The molecule has 0 saturated heterocycles. The summed E-state index contributed by atoms with van der Waals surface area (Å²) in [5.74, 6) is -0.376. The molecule has 0 aliphatic carbocycles. The Bertz CT molecular complexity index is 1310. The number of carbonyl (C=O) groups excluding carboxylic acids is 2. The van der Waals surface area contributed by atoms with Gasteiger partial charge in [-0.05, 0) is 67.4 Å². The highest BCUT2D eigenvalue weighted by Gasteiger charge is 2.28. The number of nitrogens with one attached hydrogen (secondary N) is 2. The Morgan fingerprint density at radius 1 is 1.09 bits per heavy atom. The van der Waals surface area contributed by atoms with Crippen LogP contribution in [0, 0.1) is 0 Å². The van der Waals surface area contributed by atoms with Crippen LogP contribution in [0.1, 0.15) is 35.5 Å². The van der Waals surface area contributed by atoms with Gasteiger partial charge in [-0.3, -0.25) is 9.59 Å². The Balaban J connectivity index is 1.50. The SMILES string of the molecule is CC(=O)Nc1ccc2c(c1)CC(C)N2Cc1ccoc1C(=O)Nc1ccc(S(N)(=O)=O)cc1. The molecule has 0 radical (unpaired) electrons. The van der Waals surface area contributed by atoms with Gasteiger partial charge >= 0.3 is 0 Å². The third kappa shape index (κ3) is 4.91. The zero-order valence-corrected chi connectivity index (χ0v) is 19.0. The van der Waals surface area contributed by atoms with Crippen LogP contribution in [0.25, 0.3) is 0 Å². The molecule has 4 N–H and O–H groups in total. The number of primary sulfonamides is 1. The van der Waals surface area contributed by atoms with E-state index in [1.807, 2.05) is 18.2 Å². The zero-order chi connectivity index (χ0) is 23.8. The molecule has 2 amide bonds. The molecular weight excluding hydrogens is 444 g/mol. The summed E-state index contributed by atoms with van der Waals surface area (Å²) in [6.07, 6.45) is 2.29. The summed E-state index contributed by atoms with van der Waals surface area (Å²) in [7, 11) is -3.81. The van der Waals surface area contributed by atoms with Crippen LogP contribution in [0.5, 0.6) is 0 Å². The quantitative estimate of drug-likeness (QED) is 0.509. The summed E-state index contributed by atoms with van der Waals surface area (Å²) in [6.45, 7) is 4.05. The van der Waals surface area contributed by atoms with Gasteiger partial charge < -0.3 is 20.0 Å². The molecule has 2 heterocycles. The number of hydrogen-bond acceptors (Lipinski definition) is 6. The summed E-state index contributed by atoms with van der Waals surface area (Å²) in [6, 6.07) is 13.3. The van der Waals surface area contributed by atoms with Crippen LogP contribution in [0.15, 0.2) is 64.1 Å². The first-order chi connectivity index (χ1) is 15.6. The van der Waals surface area contributed by atoms with E-state index in [9.17, 15) is 18.0 Å². The Morgan fingerprint density at radius 3 is 2.45 bits per heavy atom. The fraction of sp³-hybridized carbons (Fsp3) is 0.217. The summed E-state index contributed by atoms with van der Waals surface area (Å²) >= 11 is 0. The van der Waals surface area contributed by atoms with Crippen molar-refractivity contribution >= 4 is 38.9 Å². The van der Waals surface area contributed by atoms with Crippen LogP contribution in [0.3, 0.4) is 0 Å². The van der Waals surface area contributed by atoms with Gasteiger partial charge in [0.15, 0.2) is 5.76 Å². The van der Waals surface area contributed by atoms with Gasteiger partial charge in [-0.2, -0.15) is 0 Å². The summed E-state index contributed by atoms with van der Waals surface area (Å²) in [5, 5.41) is 10.6. The van der Waals surface area contributed by atoms with Crippen molar-refractivity contribution < 1.29 is 22.4 Å². The molecule has 1 atom stereocenters. The van der Waals surface area contributed by atoms with E-state index >= 15 is 0 Å². The van der Waals surface area contributed by atoms with Crippen LogP contribution < -0.4 is 20.7 Å². The molecule has 0 bridgehead atoms. The number of furan rings is 1. The van der Waals surface area contributed by atoms with Crippen molar-refractivity contribution in [3.8, 4) is 0 Å². The second-order valence-electron chi connectivity index (χ2n) is 8.00. The highest BCUT2D eigenvalue weighted by molar-refractivity contribution is 7.89. The Labute approximate surface area is 191 Å². The lowest BCUT2D eigenvalue weighted by Crippen LogP contribution is -2.29. The van der Waals surface area contributed by atoms with E-state index in [-0.39, 0.29) is 22.6 Å². The van der Waals surface area contributed by atoms with E-state index in [4.69, 9.17) is 9.56 Å². The van der Waals surface area contributed by atoms with Crippen LogP contribution in [0.2, 0.25) is 0 Å². The molecular formula is C23H24N4O5S. The summed E-state index contributed by atoms with van der Waals surface area (Å²) < 4.78 is 28.3. The number of carbonyl (C=O) groups is 2. The van der Waals surface area contributed by atoms with Gasteiger partial charge in [0, 0.05) is 42.1 Å². The average molecular weight is 469 g/mol. The molecule has 2 aromatic carbocycles. The Kier molecular flexibility index (Phi) is 5.96. The van der Waals surface area contributed by atoms with Gasteiger partial charge in [0.05, 0.1) is 11.2 Å². The van der Waals surface area contributed by atoms with E-state index in [1.54, 1.807) is 6.07 Å². The van der Waals surface area contributed by atoms with Crippen molar-refractivity contribution in [1.82, 2.24) is 0 Å². The van der Waals surface area contributed by atoms with E-state index in [0.29, 0.717) is 12.2 Å². The lowest BCUT2D eigenvalue weighted by atomic mass is 10.1. The van der Waals surface area contributed by atoms with Gasteiger partial charge in [-0.1, -0.05) is 0 Å². The van der Waals surface area contributed by atoms with E-state index < -0.39 is 15.9 Å². The highest BCUT2D eigenvalue weighted by Crippen LogP contribution is 2.35. The Hall–Kier alpha value is -3.63. The number of sulfonamides is 1. The molecule has 3 aromatic rings. The van der Waals surface area contributed by atoms with Crippen molar-refractivity contribution in [3.05, 3.63) is 71.7 Å². The third-order valence-corrected chi connectivity index (χ3v) is 6.42. The number of fused-ring (bicyclic) bond motifs is 1. The largest absolute Gasteiger partial charge is 0.459 e. The first-order valence-corrected chi connectivity index (χ1v) is 11.8. The standard InChI is InChI=1S/C23H24N4O5S/c1-14-11-17-12-19(25-15(2)28)5-8-21(17)27(14)13-16-9-10-32-22(16)23(29)26-18-3-6-20(7-4-18)33(24,30)31/h3-10,12,14H,11,13H2,1-2H3,(H,25,28)(H,26,29)(H2,24,30,31). The van der Waals surface area contributed by atoms with Gasteiger partial charge in [0.1, 0.15) is 0 Å². The minimum absolute atomic E-state index is 0.0393. The van der Waals surface area contributed by atoms with E-state index in [2.05, 4.69) is 22.5 Å². The lowest BCUT2D eigenvalue weighted by Gasteiger charge is -2.24. The molecule has 10 heteroatoms. The maximum atomic E-state index is 12.8. The van der Waals surface area contributed by atoms with Crippen LogP contribution in [0.4, 0.5) is 17.1 Å². The topological polar surface area (TPSA) is 135 Å². The van der Waals surface area contributed by atoms with Gasteiger partial charge in [0.25, 0.3) is 5.91 Å². The lowest BCUT2D eigenvalue weighted by molar-refractivity contribution is -0.114. The number of amides is 2. The second kappa shape index (κ2) is 8.72. The maximum Gasteiger partial charge on any atom is 0.291 e. The Morgan fingerprint density at radius 2 is 1.79 bits per heavy atom. The molecule has 4 rings (SSSR count). The molecule has 1 aliphatic rings. The number of nitrogens with two attached hydrogens (primary N) is 1. The fourth-order valence-electron chi connectivity index (χ4n) is 3.98. The van der Waals surface area contributed by atoms with Crippen molar-refractivity contribution in [2.24, 2.45) is 5.14 Å². The van der Waals surface area contributed by atoms with Crippen LogP contribution in [-0.2, 0) is 27.8 Å². The minimum Gasteiger partial charge on any atom is -0.459 e. The van der Waals surface area contributed by atoms with E-state index in [0.717, 1.165) is 28.9 Å². The first-order valence-electron chi connectivity index (χ1n) is 10.3. The third-order valence-electron chi connectivity index (χ3n) is 5.49. The molecule has 1 aliphatic heterocycles. The summed E-state index contributed by atoms with van der Waals surface area (Å²) in [4.78, 5) is 26.3. The number of anilines is 3. The van der Waals surface area contributed by atoms with Crippen molar-refractivity contribution in [2.75, 3.05) is 15.5 Å². The molecule has 1 aromatic heterocycles. The zero-order valence-electron chi connectivity index (χ0n) is 18.2. The average Bonchev–Trinajstić information content (AvgIpc) is 3.32. The smallest absolute Gasteiger partial charge is 0.291 e. The van der Waals surface area contributed by atoms with Gasteiger partial charge in [-0.15, -0.1) is 0 Å². The van der Waals surface area contributed by atoms with Gasteiger partial charge in [0.2, 0.25) is 15.9 Å². The number of rotatable bonds is 6. The molecule has 0 saturated carbocycles. The normalized spacial score (nSPS) is 15.2. The molecule has 1 unspecified atom stereocenters. The minimum atomic E-state index is -3.81. The van der Waals surface area contributed by atoms with Crippen molar-refractivity contribution in [1.29, 1.82) is 0 Å². The molecule has 172 valence electrons. The maximum absolute atomic E-state index is 12.8. The predicted octanol–water partition coefficient (Wildman–Crippen LogP) is 3.09. The monoisotopic (exact) mass is 468 g/mol. The number of benzene rings is 2. The molecule has 33 heavy (non-hydrogen) atoms. The fourth-order valence-corrected chi connectivity index (χ4v) is 4.49. The van der Waals surface area contributed by atoms with E-state index in [1.165, 1.54) is 37.5 Å². The first kappa shape index (κ1) is 22.6. The molecule has 9 nitrogen and oxygen atoms in total. The van der Waals surface area contributed by atoms with Crippen molar-refractivity contribution in [3.63, 3.8) is 0 Å². The molecule has 0 spiro atoms.